The number of ether oxygens (including phenoxy) is 1. The van der Waals surface area contributed by atoms with E-state index in [9.17, 15) is 32.5 Å². The van der Waals surface area contributed by atoms with E-state index < -0.39 is 40.7 Å². The van der Waals surface area contributed by atoms with Crippen LogP contribution in [-0.4, -0.2) is 17.4 Å². The summed E-state index contributed by atoms with van der Waals surface area (Å²) >= 11 is 0. The van der Waals surface area contributed by atoms with E-state index in [0.717, 1.165) is 12.1 Å². The lowest BCUT2D eigenvalue weighted by Crippen LogP contribution is -2.33. The van der Waals surface area contributed by atoms with Crippen molar-refractivity contribution in [2.75, 3.05) is 12.0 Å². The lowest BCUT2D eigenvalue weighted by Gasteiger charge is -2.12. The number of nitrogens with one attached hydrogen (secondary N) is 2. The first-order valence-electron chi connectivity index (χ1n) is 6.95. The quantitative estimate of drug-likeness (QED) is 0.461. The van der Waals surface area contributed by atoms with Gasteiger partial charge in [-0.2, -0.15) is 13.2 Å². The number of nitro groups is 1. The summed E-state index contributed by atoms with van der Waals surface area (Å²) in [5.74, 6) is -1.27. The number of hydrogen-bond acceptors (Lipinski definition) is 5. The smallest absolute Gasteiger partial charge is 0.416 e. The molecule has 0 fully saturated rings. The zero-order valence-corrected chi connectivity index (χ0v) is 12.8. The Morgan fingerprint density at radius 2 is 1.92 bits per heavy atom. The molecule has 0 unspecified atom stereocenters. The molecule has 7 nitrogen and oxygen atoms in total. The molecule has 0 bridgehead atoms. The van der Waals surface area contributed by atoms with Crippen molar-refractivity contribution in [1.82, 2.24) is 5.43 Å². The molecule has 0 heterocycles. The number of halogens is 4. The van der Waals surface area contributed by atoms with Crippen LogP contribution in [0.1, 0.15) is 5.56 Å². The molecule has 138 valence electrons. The molecule has 0 saturated carbocycles. The molecule has 11 heteroatoms. The third kappa shape index (κ3) is 5.06. The van der Waals surface area contributed by atoms with E-state index in [1.165, 1.54) is 18.2 Å². The molecule has 0 atom stereocenters. The number of anilines is 1. The van der Waals surface area contributed by atoms with Crippen LogP contribution in [0, 0.1) is 15.9 Å². The maximum Gasteiger partial charge on any atom is 0.416 e. The van der Waals surface area contributed by atoms with Gasteiger partial charge in [0.1, 0.15) is 17.3 Å². The summed E-state index contributed by atoms with van der Waals surface area (Å²) in [6.45, 7) is -0.551. The second-order valence-corrected chi connectivity index (χ2v) is 4.91. The van der Waals surface area contributed by atoms with Crippen molar-refractivity contribution in [2.45, 2.75) is 6.18 Å². The van der Waals surface area contributed by atoms with E-state index in [0.29, 0.717) is 12.1 Å². The third-order valence-electron chi connectivity index (χ3n) is 3.02. The predicted octanol–water partition coefficient (Wildman–Crippen LogP) is 3.27. The molecule has 0 spiro atoms. The van der Waals surface area contributed by atoms with E-state index >= 15 is 0 Å². The molecule has 2 N–H and O–H groups in total. The highest BCUT2D eigenvalue weighted by Gasteiger charge is 2.33. The molecular formula is C15H11F4N3O4. The van der Waals surface area contributed by atoms with Crippen LogP contribution >= 0.6 is 0 Å². The van der Waals surface area contributed by atoms with E-state index in [1.807, 2.05) is 5.43 Å². The molecule has 2 aromatic carbocycles. The SMILES string of the molecule is O=C(COc1cccc(F)c1)NNc1ccc(C(F)(F)F)cc1[N+](=O)[O-]. The zero-order valence-electron chi connectivity index (χ0n) is 12.8. The largest absolute Gasteiger partial charge is 0.484 e. The fourth-order valence-electron chi connectivity index (χ4n) is 1.84. The van der Waals surface area contributed by atoms with Crippen LogP contribution in [-0.2, 0) is 11.0 Å². The van der Waals surface area contributed by atoms with Crippen LogP contribution in [0.25, 0.3) is 0 Å². The molecule has 26 heavy (non-hydrogen) atoms. The van der Waals surface area contributed by atoms with Crippen LogP contribution in [0.3, 0.4) is 0 Å². The minimum absolute atomic E-state index is 0.0839. The van der Waals surface area contributed by atoms with Crippen LogP contribution in [0.15, 0.2) is 42.5 Å². The van der Waals surface area contributed by atoms with Gasteiger partial charge in [-0.1, -0.05) is 6.07 Å². The number of amides is 1. The lowest BCUT2D eigenvalue weighted by molar-refractivity contribution is -0.384. The summed E-state index contributed by atoms with van der Waals surface area (Å²) in [6.07, 6.45) is -4.74. The number of hydrazine groups is 1. The molecule has 2 rings (SSSR count). The average molecular weight is 373 g/mol. The summed E-state index contributed by atoms with van der Waals surface area (Å²) in [5, 5.41) is 10.9. The Kier molecular flexibility index (Phi) is 5.60. The highest BCUT2D eigenvalue weighted by Crippen LogP contribution is 2.34. The molecular weight excluding hydrogens is 362 g/mol. The standard InChI is InChI=1S/C15H11F4N3O4/c16-10-2-1-3-11(7-10)26-8-14(23)21-20-12-5-4-9(15(17,18)19)6-13(12)22(24)25/h1-7,20H,8H2,(H,21,23). The van der Waals surface area contributed by atoms with Gasteiger partial charge in [-0.05, 0) is 24.3 Å². The van der Waals surface area contributed by atoms with Crippen LogP contribution in [0.4, 0.5) is 28.9 Å². The summed E-state index contributed by atoms with van der Waals surface area (Å²) in [6, 6.07) is 6.79. The molecule has 2 aromatic rings. The fraction of sp³-hybridized carbons (Fsp3) is 0.133. The Morgan fingerprint density at radius 3 is 2.54 bits per heavy atom. The Hall–Kier alpha value is -3.37. The van der Waals surface area contributed by atoms with Gasteiger partial charge in [0.05, 0.1) is 10.5 Å². The predicted molar refractivity (Wildman–Crippen MR) is 81.8 cm³/mol. The summed E-state index contributed by atoms with van der Waals surface area (Å²) in [5.41, 5.74) is 1.79. The molecule has 0 aromatic heterocycles. The maximum absolute atomic E-state index is 13.0. The van der Waals surface area contributed by atoms with Crippen LogP contribution < -0.4 is 15.6 Å². The van der Waals surface area contributed by atoms with Crippen molar-refractivity contribution >= 4 is 17.3 Å². The van der Waals surface area contributed by atoms with E-state index in [2.05, 4.69) is 5.43 Å². The van der Waals surface area contributed by atoms with Gasteiger partial charge in [0.25, 0.3) is 11.6 Å². The van der Waals surface area contributed by atoms with Gasteiger partial charge in [0.2, 0.25) is 0 Å². The normalized spacial score (nSPS) is 10.9. The minimum Gasteiger partial charge on any atom is -0.484 e. The van der Waals surface area contributed by atoms with Crippen molar-refractivity contribution in [3.63, 3.8) is 0 Å². The van der Waals surface area contributed by atoms with Crippen molar-refractivity contribution in [3.8, 4) is 5.75 Å². The lowest BCUT2D eigenvalue weighted by atomic mass is 10.1. The van der Waals surface area contributed by atoms with Gasteiger partial charge in [0, 0.05) is 12.1 Å². The summed E-state index contributed by atoms with van der Waals surface area (Å²) < 4.78 is 55.8. The van der Waals surface area contributed by atoms with Crippen molar-refractivity contribution in [1.29, 1.82) is 0 Å². The summed E-state index contributed by atoms with van der Waals surface area (Å²) in [4.78, 5) is 21.5. The highest BCUT2D eigenvalue weighted by molar-refractivity contribution is 5.79. The maximum atomic E-state index is 13.0. The van der Waals surface area contributed by atoms with Gasteiger partial charge in [-0.15, -0.1) is 0 Å². The second kappa shape index (κ2) is 7.68. The number of hydrogen-bond donors (Lipinski definition) is 2. The molecule has 0 saturated heterocycles. The molecule has 1 amide bonds. The Morgan fingerprint density at radius 1 is 1.19 bits per heavy atom. The zero-order chi connectivity index (χ0) is 19.3. The second-order valence-electron chi connectivity index (χ2n) is 4.91. The van der Waals surface area contributed by atoms with Gasteiger partial charge in [-0.3, -0.25) is 25.8 Å². The number of alkyl halides is 3. The van der Waals surface area contributed by atoms with Crippen LogP contribution in [0.5, 0.6) is 5.75 Å². The third-order valence-corrected chi connectivity index (χ3v) is 3.02. The Balaban J connectivity index is 1.99. The van der Waals surface area contributed by atoms with E-state index in [1.54, 1.807) is 0 Å². The molecule has 0 aliphatic carbocycles. The number of benzene rings is 2. The van der Waals surface area contributed by atoms with Crippen molar-refractivity contribution in [2.24, 2.45) is 0 Å². The van der Waals surface area contributed by atoms with E-state index in [4.69, 9.17) is 4.74 Å². The number of nitrogens with zero attached hydrogens (tertiary/aromatic N) is 1. The minimum atomic E-state index is -4.74. The monoisotopic (exact) mass is 373 g/mol. The molecule has 0 aliphatic heterocycles. The first-order valence-corrected chi connectivity index (χ1v) is 6.95. The number of carbonyl (C=O) groups excluding carboxylic acids is 1. The Labute approximate surface area is 143 Å². The number of rotatable bonds is 6. The molecule has 0 radical (unpaired) electrons. The van der Waals surface area contributed by atoms with Gasteiger partial charge in [0.15, 0.2) is 6.61 Å². The topological polar surface area (TPSA) is 93.5 Å². The summed E-state index contributed by atoms with van der Waals surface area (Å²) in [7, 11) is 0. The number of nitro benzene ring substituents is 1. The highest BCUT2D eigenvalue weighted by atomic mass is 19.4. The van der Waals surface area contributed by atoms with Gasteiger partial charge >= 0.3 is 6.18 Å². The van der Waals surface area contributed by atoms with Gasteiger partial charge in [-0.25, -0.2) is 4.39 Å². The van der Waals surface area contributed by atoms with Gasteiger partial charge < -0.3 is 4.74 Å². The fourth-order valence-corrected chi connectivity index (χ4v) is 1.84. The first-order chi connectivity index (χ1) is 12.2. The average Bonchev–Trinajstić information content (AvgIpc) is 2.57. The van der Waals surface area contributed by atoms with Crippen molar-refractivity contribution < 1.29 is 32.0 Å². The van der Waals surface area contributed by atoms with E-state index in [-0.39, 0.29) is 11.4 Å². The molecule has 0 aliphatic rings. The number of carbonyl (C=O) groups is 1. The van der Waals surface area contributed by atoms with Crippen molar-refractivity contribution in [3.05, 3.63) is 64.0 Å². The first kappa shape index (κ1) is 19.0. The Bertz CT molecular complexity index is 827. The van der Waals surface area contributed by atoms with Crippen LogP contribution in [0.2, 0.25) is 0 Å².